The highest BCUT2D eigenvalue weighted by atomic mass is 19.4. The van der Waals surface area contributed by atoms with Crippen molar-refractivity contribution in [2.45, 2.75) is 6.18 Å². The minimum absolute atomic E-state index is 0.320. The van der Waals surface area contributed by atoms with Crippen LogP contribution in [0.25, 0.3) is 22.0 Å². The van der Waals surface area contributed by atoms with E-state index in [0.717, 1.165) is 40.0 Å². The van der Waals surface area contributed by atoms with E-state index in [0.29, 0.717) is 31.9 Å². The highest BCUT2D eigenvalue weighted by Crippen LogP contribution is 2.30. The van der Waals surface area contributed by atoms with E-state index in [9.17, 15) is 18.0 Å². The largest absolute Gasteiger partial charge is 0.416 e. The van der Waals surface area contributed by atoms with Gasteiger partial charge in [-0.2, -0.15) is 13.2 Å². The number of nitrogens with one attached hydrogen (secondary N) is 1. The average molecular weight is 477 g/mol. The van der Waals surface area contributed by atoms with Crippen LogP contribution in [0.15, 0.2) is 78.9 Å². The highest BCUT2D eigenvalue weighted by molar-refractivity contribution is 5.95. The number of carbonyl (C=O) groups excluding carboxylic acids is 1. The van der Waals surface area contributed by atoms with Crippen molar-refractivity contribution in [2.75, 3.05) is 36.4 Å². The van der Waals surface area contributed by atoms with Crippen LogP contribution >= 0.6 is 0 Å². The van der Waals surface area contributed by atoms with Crippen LogP contribution in [0.5, 0.6) is 0 Å². The van der Waals surface area contributed by atoms with Crippen LogP contribution in [-0.4, -0.2) is 47.3 Å². The molecule has 9 heteroatoms. The molecule has 1 N–H and O–H groups in total. The summed E-state index contributed by atoms with van der Waals surface area (Å²) in [5.74, 6) is 0.733. The fraction of sp³-hybridized carbons (Fsp3) is 0.192. The first-order valence-electron chi connectivity index (χ1n) is 11.2. The van der Waals surface area contributed by atoms with Crippen LogP contribution in [0, 0.1) is 0 Å². The smallest absolute Gasteiger partial charge is 0.352 e. The molecule has 0 aliphatic carbocycles. The lowest BCUT2D eigenvalue weighted by Crippen LogP contribution is -2.50. The molecule has 0 atom stereocenters. The Balaban J connectivity index is 1.20. The van der Waals surface area contributed by atoms with Gasteiger partial charge in [-0.3, -0.25) is 0 Å². The number of anilines is 2. The summed E-state index contributed by atoms with van der Waals surface area (Å²) in [6.07, 6.45) is -4.41. The number of rotatable bonds is 3. The Bertz CT molecular complexity index is 1330. The first-order valence-corrected chi connectivity index (χ1v) is 11.2. The van der Waals surface area contributed by atoms with E-state index in [2.05, 4.69) is 38.6 Å². The van der Waals surface area contributed by atoms with E-state index in [1.165, 1.54) is 12.1 Å². The predicted octanol–water partition coefficient (Wildman–Crippen LogP) is 5.67. The molecule has 5 rings (SSSR count). The number of piperazine rings is 1. The number of hydrogen-bond acceptors (Lipinski definition) is 4. The van der Waals surface area contributed by atoms with Crippen LogP contribution in [0.2, 0.25) is 0 Å². The standard InChI is InChI=1S/C26H22F3N5O/c27-26(28,29)19-8-10-20(11-9-19)30-25(35)34-16-14-33(15-17-34)24-13-12-23(31-32-24)22-7-3-5-18-4-1-2-6-21(18)22/h1-13H,14-17H2,(H,30,35). The number of amides is 2. The third-order valence-electron chi connectivity index (χ3n) is 6.07. The molecule has 1 saturated heterocycles. The summed E-state index contributed by atoms with van der Waals surface area (Å²) < 4.78 is 38.1. The molecule has 2 heterocycles. The zero-order valence-electron chi connectivity index (χ0n) is 18.7. The number of hydrogen-bond donors (Lipinski definition) is 1. The summed E-state index contributed by atoms with van der Waals surface area (Å²) in [6, 6.07) is 22.2. The van der Waals surface area contributed by atoms with Gasteiger partial charge in [0, 0.05) is 37.4 Å². The van der Waals surface area contributed by atoms with Gasteiger partial charge in [0.25, 0.3) is 0 Å². The van der Waals surface area contributed by atoms with Crippen molar-refractivity contribution in [3.05, 3.63) is 84.4 Å². The zero-order chi connectivity index (χ0) is 24.4. The monoisotopic (exact) mass is 477 g/mol. The van der Waals surface area contributed by atoms with Crippen LogP contribution in [-0.2, 0) is 6.18 Å². The molecule has 1 aliphatic heterocycles. The van der Waals surface area contributed by atoms with Crippen molar-refractivity contribution >= 4 is 28.3 Å². The molecule has 1 aliphatic rings. The third-order valence-corrected chi connectivity index (χ3v) is 6.07. The van der Waals surface area contributed by atoms with Crippen molar-refractivity contribution in [3.63, 3.8) is 0 Å². The first-order chi connectivity index (χ1) is 16.9. The fourth-order valence-corrected chi connectivity index (χ4v) is 4.17. The van der Waals surface area contributed by atoms with Gasteiger partial charge in [0.1, 0.15) is 0 Å². The summed E-state index contributed by atoms with van der Waals surface area (Å²) >= 11 is 0. The molecule has 1 fully saturated rings. The number of aromatic nitrogens is 2. The van der Waals surface area contributed by atoms with Gasteiger partial charge in [-0.15, -0.1) is 10.2 Å². The van der Waals surface area contributed by atoms with Gasteiger partial charge >= 0.3 is 12.2 Å². The van der Waals surface area contributed by atoms with Crippen molar-refractivity contribution in [1.29, 1.82) is 0 Å². The molecule has 0 saturated carbocycles. The Morgan fingerprint density at radius 2 is 1.51 bits per heavy atom. The van der Waals surface area contributed by atoms with Gasteiger partial charge in [-0.05, 0) is 47.2 Å². The molecule has 0 radical (unpaired) electrons. The van der Waals surface area contributed by atoms with Crippen LogP contribution < -0.4 is 10.2 Å². The molecule has 6 nitrogen and oxygen atoms in total. The van der Waals surface area contributed by atoms with E-state index in [4.69, 9.17) is 0 Å². The summed E-state index contributed by atoms with van der Waals surface area (Å²) in [7, 11) is 0. The van der Waals surface area contributed by atoms with Crippen LogP contribution in [0.3, 0.4) is 0 Å². The molecule has 3 aromatic carbocycles. The maximum atomic E-state index is 12.7. The van der Waals surface area contributed by atoms with Crippen molar-refractivity contribution in [1.82, 2.24) is 15.1 Å². The van der Waals surface area contributed by atoms with E-state index in [1.54, 1.807) is 4.90 Å². The van der Waals surface area contributed by atoms with E-state index >= 15 is 0 Å². The molecule has 4 aromatic rings. The van der Waals surface area contributed by atoms with Gasteiger partial charge < -0.3 is 15.1 Å². The van der Waals surface area contributed by atoms with E-state index < -0.39 is 11.7 Å². The second-order valence-electron chi connectivity index (χ2n) is 8.28. The quantitative estimate of drug-likeness (QED) is 0.413. The Hall–Kier alpha value is -4.14. The molecule has 0 unspecified atom stereocenters. The number of benzene rings is 3. The van der Waals surface area contributed by atoms with E-state index in [1.807, 2.05) is 36.4 Å². The number of urea groups is 1. The predicted molar refractivity (Wildman–Crippen MR) is 129 cm³/mol. The van der Waals surface area contributed by atoms with Crippen LogP contribution in [0.4, 0.5) is 29.5 Å². The zero-order valence-corrected chi connectivity index (χ0v) is 18.7. The number of fused-ring (bicyclic) bond motifs is 1. The van der Waals surface area contributed by atoms with Gasteiger partial charge in [-0.25, -0.2) is 4.79 Å². The number of nitrogens with zero attached hydrogens (tertiary/aromatic N) is 4. The average Bonchev–Trinajstić information content (AvgIpc) is 2.88. The molecule has 2 amide bonds. The van der Waals surface area contributed by atoms with Crippen LogP contribution in [0.1, 0.15) is 5.56 Å². The Morgan fingerprint density at radius 3 is 2.20 bits per heavy atom. The lowest BCUT2D eigenvalue weighted by molar-refractivity contribution is -0.137. The van der Waals surface area contributed by atoms with Crippen molar-refractivity contribution < 1.29 is 18.0 Å². The lowest BCUT2D eigenvalue weighted by atomic mass is 10.0. The normalized spacial score (nSPS) is 14.3. The topological polar surface area (TPSA) is 61.4 Å². The summed E-state index contributed by atoms with van der Waals surface area (Å²) in [5.41, 5.74) is 1.38. The van der Waals surface area contributed by atoms with Gasteiger partial charge in [0.15, 0.2) is 5.82 Å². The Kier molecular flexibility index (Phi) is 5.98. The highest BCUT2D eigenvalue weighted by Gasteiger charge is 2.30. The molecule has 1 aromatic heterocycles. The molecular formula is C26H22F3N5O. The maximum absolute atomic E-state index is 12.7. The summed E-state index contributed by atoms with van der Waals surface area (Å²) in [6.45, 7) is 2.06. The Morgan fingerprint density at radius 1 is 0.800 bits per heavy atom. The number of halogens is 3. The number of alkyl halides is 3. The maximum Gasteiger partial charge on any atom is 0.416 e. The van der Waals surface area contributed by atoms with Gasteiger partial charge in [0.2, 0.25) is 0 Å². The van der Waals surface area contributed by atoms with Gasteiger partial charge in [0.05, 0.1) is 11.3 Å². The molecule has 178 valence electrons. The first kappa shape index (κ1) is 22.6. The third kappa shape index (κ3) is 4.89. The second-order valence-corrected chi connectivity index (χ2v) is 8.28. The number of carbonyl (C=O) groups is 1. The van der Waals surface area contributed by atoms with Crippen molar-refractivity contribution in [3.8, 4) is 11.3 Å². The molecule has 0 bridgehead atoms. The second kappa shape index (κ2) is 9.25. The summed E-state index contributed by atoms with van der Waals surface area (Å²) in [4.78, 5) is 16.2. The Labute approximate surface area is 200 Å². The van der Waals surface area contributed by atoms with Gasteiger partial charge in [-0.1, -0.05) is 42.5 Å². The molecule has 0 spiro atoms. The van der Waals surface area contributed by atoms with Crippen molar-refractivity contribution in [2.24, 2.45) is 0 Å². The minimum Gasteiger partial charge on any atom is -0.352 e. The molecular weight excluding hydrogens is 455 g/mol. The van der Waals surface area contributed by atoms with E-state index in [-0.39, 0.29) is 6.03 Å². The minimum atomic E-state index is -4.41. The summed E-state index contributed by atoms with van der Waals surface area (Å²) in [5, 5.41) is 13.8. The lowest BCUT2D eigenvalue weighted by Gasteiger charge is -2.35. The molecule has 35 heavy (non-hydrogen) atoms. The SMILES string of the molecule is O=C(Nc1ccc(C(F)(F)F)cc1)N1CCN(c2ccc(-c3cccc4ccccc34)nn2)CC1. The fourth-order valence-electron chi connectivity index (χ4n) is 4.17.